The minimum absolute atomic E-state index is 0.0661. The fourth-order valence-electron chi connectivity index (χ4n) is 5.66. The Labute approximate surface area is 234 Å². The molecule has 40 heavy (non-hydrogen) atoms. The summed E-state index contributed by atoms with van der Waals surface area (Å²) in [7, 11) is 4.34. The first-order valence-electron chi connectivity index (χ1n) is 14.0. The topological polar surface area (TPSA) is 119 Å². The van der Waals surface area contributed by atoms with Gasteiger partial charge in [-0.1, -0.05) is 35.5 Å². The molecule has 10 heteroatoms. The van der Waals surface area contributed by atoms with Gasteiger partial charge in [-0.25, -0.2) is 0 Å². The minimum Gasteiger partial charge on any atom is -0.454 e. The van der Waals surface area contributed by atoms with E-state index in [2.05, 4.69) is 70.1 Å². The van der Waals surface area contributed by atoms with E-state index in [9.17, 15) is 9.59 Å². The molecule has 0 bridgehead atoms. The Morgan fingerprint density at radius 2 is 1.80 bits per heavy atom. The summed E-state index contributed by atoms with van der Waals surface area (Å²) < 4.78 is 15.8. The molecule has 0 spiro atoms. The number of hydrogen-bond acceptors (Lipinski definition) is 8. The number of aromatic nitrogens is 2. The van der Waals surface area contributed by atoms with Crippen LogP contribution in [0.3, 0.4) is 0 Å². The van der Waals surface area contributed by atoms with E-state index in [1.165, 1.54) is 5.56 Å². The third-order valence-electron chi connectivity index (χ3n) is 7.80. The number of carbonyl (C=O) groups is 2. The molecule has 1 atom stereocenters. The van der Waals surface area contributed by atoms with Crippen molar-refractivity contribution in [3.8, 4) is 22.9 Å². The van der Waals surface area contributed by atoms with E-state index in [0.29, 0.717) is 29.0 Å². The Morgan fingerprint density at radius 1 is 1.02 bits per heavy atom. The van der Waals surface area contributed by atoms with E-state index in [1.807, 2.05) is 0 Å². The molecule has 0 saturated heterocycles. The van der Waals surface area contributed by atoms with Gasteiger partial charge in [0, 0.05) is 30.6 Å². The van der Waals surface area contributed by atoms with Gasteiger partial charge in [-0.15, -0.1) is 0 Å². The summed E-state index contributed by atoms with van der Waals surface area (Å²) in [6.45, 7) is 0.351. The van der Waals surface area contributed by atoms with Crippen LogP contribution in [-0.4, -0.2) is 66.4 Å². The summed E-state index contributed by atoms with van der Waals surface area (Å²) in [4.78, 5) is 31.5. The maximum atomic E-state index is 12.6. The van der Waals surface area contributed by atoms with Gasteiger partial charge in [0.2, 0.25) is 18.5 Å². The molecule has 2 aromatic carbocycles. The van der Waals surface area contributed by atoms with Crippen LogP contribution in [0.4, 0.5) is 0 Å². The van der Waals surface area contributed by atoms with Gasteiger partial charge in [-0.05, 0) is 82.3 Å². The molecule has 1 unspecified atom stereocenters. The van der Waals surface area contributed by atoms with Gasteiger partial charge in [-0.2, -0.15) is 4.98 Å². The zero-order valence-corrected chi connectivity index (χ0v) is 23.1. The first kappa shape index (κ1) is 27.6. The fourth-order valence-corrected chi connectivity index (χ4v) is 5.66. The average Bonchev–Trinajstić information content (AvgIpc) is 3.64. The Balaban J connectivity index is 1.02. The normalized spacial score (nSPS) is 18.9. The van der Waals surface area contributed by atoms with Crippen LogP contribution < -0.4 is 20.1 Å². The van der Waals surface area contributed by atoms with Crippen LogP contribution in [0.5, 0.6) is 11.5 Å². The summed E-state index contributed by atoms with van der Waals surface area (Å²) in [5.74, 6) is 1.40. The molecule has 2 N–H and O–H groups in total. The Bertz CT molecular complexity index is 1290. The van der Waals surface area contributed by atoms with Crippen LogP contribution in [0.25, 0.3) is 11.4 Å². The molecule has 2 aliphatic rings. The highest BCUT2D eigenvalue weighted by molar-refractivity contribution is 5.90. The van der Waals surface area contributed by atoms with E-state index in [4.69, 9.17) is 14.0 Å². The van der Waals surface area contributed by atoms with E-state index in [0.717, 1.165) is 38.5 Å². The Morgan fingerprint density at radius 3 is 2.58 bits per heavy atom. The first-order chi connectivity index (χ1) is 19.5. The summed E-state index contributed by atoms with van der Waals surface area (Å²) in [6.07, 6.45) is 6.55. The van der Waals surface area contributed by atoms with Crippen LogP contribution in [0, 0.1) is 5.92 Å². The molecule has 3 aromatic rings. The lowest BCUT2D eigenvalue weighted by Crippen LogP contribution is -2.43. The van der Waals surface area contributed by atoms with Gasteiger partial charge >= 0.3 is 11.8 Å². The van der Waals surface area contributed by atoms with Crippen molar-refractivity contribution in [3.63, 3.8) is 0 Å². The number of aryl methyl sites for hydroxylation is 1. The van der Waals surface area contributed by atoms with Gasteiger partial charge in [-0.3, -0.25) is 9.59 Å². The molecule has 5 rings (SSSR count). The van der Waals surface area contributed by atoms with Gasteiger partial charge in [0.1, 0.15) is 0 Å². The Hall–Kier alpha value is -3.92. The third-order valence-corrected chi connectivity index (χ3v) is 7.80. The number of rotatable bonds is 11. The highest BCUT2D eigenvalue weighted by Gasteiger charge is 2.29. The van der Waals surface area contributed by atoms with E-state index in [1.54, 1.807) is 18.2 Å². The summed E-state index contributed by atoms with van der Waals surface area (Å²) >= 11 is 0. The second-order valence-corrected chi connectivity index (χ2v) is 10.7. The number of fused-ring (bicyclic) bond motifs is 1. The minimum atomic E-state index is -0.516. The smallest absolute Gasteiger partial charge is 0.316 e. The number of hydrogen-bond donors (Lipinski definition) is 2. The zero-order chi connectivity index (χ0) is 27.9. The van der Waals surface area contributed by atoms with Crippen molar-refractivity contribution in [2.75, 3.05) is 27.4 Å². The van der Waals surface area contributed by atoms with Gasteiger partial charge in [0.15, 0.2) is 11.5 Å². The Kier molecular flexibility index (Phi) is 8.95. The highest BCUT2D eigenvalue weighted by Crippen LogP contribution is 2.35. The van der Waals surface area contributed by atoms with Crippen molar-refractivity contribution in [2.24, 2.45) is 5.92 Å². The largest absolute Gasteiger partial charge is 0.454 e. The summed E-state index contributed by atoms with van der Waals surface area (Å²) in [6, 6.07) is 16.6. The molecule has 1 aliphatic heterocycles. The van der Waals surface area contributed by atoms with Crippen molar-refractivity contribution in [1.82, 2.24) is 25.7 Å². The number of ether oxygens (including phenoxy) is 2. The van der Waals surface area contributed by atoms with Crippen molar-refractivity contribution in [2.45, 2.75) is 57.0 Å². The van der Waals surface area contributed by atoms with Crippen molar-refractivity contribution in [3.05, 3.63) is 60.0 Å². The number of carbonyl (C=O) groups excluding carboxylic acids is 2. The molecule has 1 saturated carbocycles. The highest BCUT2D eigenvalue weighted by atomic mass is 16.7. The SMILES string of the molecule is CN(C)C(CCc1ccccc1)C1CCC(NC(=O)CCNC(=O)c2nc(-c3ccc4c(c3)OCO4)no2)CC1. The van der Waals surface area contributed by atoms with Crippen molar-refractivity contribution in [1.29, 1.82) is 0 Å². The zero-order valence-electron chi connectivity index (χ0n) is 23.1. The van der Waals surface area contributed by atoms with E-state index >= 15 is 0 Å². The van der Waals surface area contributed by atoms with Crippen molar-refractivity contribution < 1.29 is 23.6 Å². The third kappa shape index (κ3) is 6.98. The van der Waals surface area contributed by atoms with Crippen LogP contribution in [0.15, 0.2) is 53.1 Å². The van der Waals surface area contributed by atoms with Gasteiger partial charge in [0.05, 0.1) is 0 Å². The van der Waals surface area contributed by atoms with Crippen molar-refractivity contribution >= 4 is 11.8 Å². The second kappa shape index (κ2) is 13.0. The molecule has 1 aliphatic carbocycles. The predicted molar refractivity (Wildman–Crippen MR) is 149 cm³/mol. The van der Waals surface area contributed by atoms with Gasteiger partial charge < -0.3 is 29.5 Å². The maximum Gasteiger partial charge on any atom is 0.316 e. The molecule has 2 heterocycles. The quantitative estimate of drug-likeness (QED) is 0.372. The van der Waals surface area contributed by atoms with Crippen LogP contribution in [0.1, 0.15) is 54.8 Å². The number of amides is 2. The fraction of sp³-hybridized carbons (Fsp3) is 0.467. The van der Waals surface area contributed by atoms with Crippen LogP contribution >= 0.6 is 0 Å². The first-order valence-corrected chi connectivity index (χ1v) is 14.0. The maximum absolute atomic E-state index is 12.6. The monoisotopic (exact) mass is 547 g/mol. The molecule has 212 valence electrons. The van der Waals surface area contributed by atoms with Gasteiger partial charge in [0.25, 0.3) is 0 Å². The number of nitrogens with zero attached hydrogens (tertiary/aromatic N) is 3. The van der Waals surface area contributed by atoms with E-state index in [-0.39, 0.29) is 43.4 Å². The molecule has 2 amide bonds. The molecular weight excluding hydrogens is 510 g/mol. The number of benzene rings is 2. The lowest BCUT2D eigenvalue weighted by atomic mass is 9.79. The summed E-state index contributed by atoms with van der Waals surface area (Å²) in [5.41, 5.74) is 2.03. The number of nitrogens with one attached hydrogen (secondary N) is 2. The molecule has 10 nitrogen and oxygen atoms in total. The summed E-state index contributed by atoms with van der Waals surface area (Å²) in [5, 5.41) is 9.72. The van der Waals surface area contributed by atoms with Crippen LogP contribution in [-0.2, 0) is 11.2 Å². The van der Waals surface area contributed by atoms with E-state index < -0.39 is 5.91 Å². The predicted octanol–water partition coefficient (Wildman–Crippen LogP) is 3.82. The second-order valence-electron chi connectivity index (χ2n) is 10.7. The van der Waals surface area contributed by atoms with Crippen LogP contribution in [0.2, 0.25) is 0 Å². The lowest BCUT2D eigenvalue weighted by molar-refractivity contribution is -0.122. The molecule has 0 radical (unpaired) electrons. The molecule has 1 aromatic heterocycles. The standard InChI is InChI=1S/C30H37N5O5/c1-35(2)24(14-8-20-6-4-3-5-7-20)21-9-12-23(13-10-21)32-27(36)16-17-31-29(37)30-33-28(34-40-30)22-11-15-25-26(18-22)39-19-38-25/h3-7,11,15,18,21,23-24H,8-10,12-14,16-17,19H2,1-2H3,(H,31,37)(H,32,36). The molecular formula is C30H37N5O5. The molecule has 1 fully saturated rings. The average molecular weight is 548 g/mol. The lowest BCUT2D eigenvalue weighted by Gasteiger charge is -2.37.